The predicted octanol–water partition coefficient (Wildman–Crippen LogP) is 2.57. The third kappa shape index (κ3) is 4.54. The fourth-order valence-electron chi connectivity index (χ4n) is 4.33. The fourth-order valence-corrected chi connectivity index (χ4v) is 4.33. The van der Waals surface area contributed by atoms with E-state index in [4.69, 9.17) is 5.73 Å². The van der Waals surface area contributed by atoms with Crippen LogP contribution in [0.3, 0.4) is 0 Å². The molecule has 0 spiro atoms. The average Bonchev–Trinajstić information content (AvgIpc) is 2.90. The average molecular weight is 385 g/mol. The molecule has 2 unspecified atom stereocenters. The Morgan fingerprint density at radius 1 is 1.32 bits per heavy atom. The second kappa shape index (κ2) is 8.76. The van der Waals surface area contributed by atoms with Gasteiger partial charge in [-0.3, -0.25) is 14.5 Å². The highest BCUT2D eigenvalue weighted by atomic mass is 16.2. The van der Waals surface area contributed by atoms with Crippen LogP contribution >= 0.6 is 0 Å². The molecule has 1 aromatic rings. The summed E-state index contributed by atoms with van der Waals surface area (Å²) < 4.78 is 0. The van der Waals surface area contributed by atoms with Gasteiger partial charge in [-0.2, -0.15) is 0 Å². The lowest BCUT2D eigenvalue weighted by Gasteiger charge is -2.35. The van der Waals surface area contributed by atoms with Gasteiger partial charge in [-0.1, -0.05) is 43.7 Å². The topological polar surface area (TPSA) is 79.0 Å². The summed E-state index contributed by atoms with van der Waals surface area (Å²) in [6, 6.07) is 10.1. The molecule has 2 aliphatic heterocycles. The summed E-state index contributed by atoms with van der Waals surface area (Å²) in [6.07, 6.45) is 4.85. The first-order valence-electron chi connectivity index (χ1n) is 10.4. The van der Waals surface area contributed by atoms with E-state index in [1.54, 1.807) is 4.90 Å². The molecule has 2 atom stereocenters. The molecular weight excluding hydrogens is 352 g/mol. The van der Waals surface area contributed by atoms with Gasteiger partial charge >= 0.3 is 0 Å². The van der Waals surface area contributed by atoms with Crippen LogP contribution in [0.4, 0.5) is 0 Å². The SMILES string of the molecule is CCCC1(C)N=C(N)N(CC2CCCN(C(=O)CCc3ccccc3)C2)C1=O. The smallest absolute Gasteiger partial charge is 0.257 e. The van der Waals surface area contributed by atoms with Crippen molar-refractivity contribution < 1.29 is 9.59 Å². The second-order valence-electron chi connectivity index (χ2n) is 8.24. The van der Waals surface area contributed by atoms with Gasteiger partial charge in [0, 0.05) is 26.1 Å². The molecule has 0 aromatic heterocycles. The molecule has 1 aromatic carbocycles. The number of rotatable bonds is 7. The van der Waals surface area contributed by atoms with Crippen molar-refractivity contribution in [3.63, 3.8) is 0 Å². The molecule has 0 aliphatic carbocycles. The number of likely N-dealkylation sites (tertiary alicyclic amines) is 1. The zero-order valence-electron chi connectivity index (χ0n) is 17.1. The Hall–Kier alpha value is -2.37. The van der Waals surface area contributed by atoms with E-state index in [1.807, 2.05) is 36.9 Å². The van der Waals surface area contributed by atoms with Gasteiger partial charge in [0.25, 0.3) is 5.91 Å². The first-order chi connectivity index (χ1) is 13.4. The minimum Gasteiger partial charge on any atom is -0.369 e. The number of carbonyl (C=O) groups excluding carboxylic acids is 2. The van der Waals surface area contributed by atoms with Crippen molar-refractivity contribution in [2.45, 2.75) is 57.9 Å². The zero-order chi connectivity index (χ0) is 20.1. The highest BCUT2D eigenvalue weighted by Gasteiger charge is 2.44. The van der Waals surface area contributed by atoms with Crippen LogP contribution in [0.2, 0.25) is 0 Å². The van der Waals surface area contributed by atoms with Crippen molar-refractivity contribution in [3.8, 4) is 0 Å². The zero-order valence-corrected chi connectivity index (χ0v) is 17.1. The molecule has 2 amide bonds. The molecule has 28 heavy (non-hydrogen) atoms. The minimum atomic E-state index is -0.724. The van der Waals surface area contributed by atoms with Crippen LogP contribution < -0.4 is 5.73 Å². The number of piperidine rings is 1. The van der Waals surface area contributed by atoms with E-state index >= 15 is 0 Å². The van der Waals surface area contributed by atoms with Gasteiger partial charge in [0.15, 0.2) is 5.96 Å². The molecule has 2 heterocycles. The number of amides is 2. The second-order valence-corrected chi connectivity index (χ2v) is 8.24. The first kappa shape index (κ1) is 20.4. The molecular formula is C22H32N4O2. The Balaban J connectivity index is 1.54. The molecule has 0 bridgehead atoms. The van der Waals surface area contributed by atoms with E-state index in [0.717, 1.165) is 32.2 Å². The summed E-state index contributed by atoms with van der Waals surface area (Å²) in [5.41, 5.74) is 6.54. The number of guanidine groups is 1. The van der Waals surface area contributed by atoms with Gasteiger partial charge in [0.05, 0.1) is 0 Å². The van der Waals surface area contributed by atoms with Crippen molar-refractivity contribution in [2.24, 2.45) is 16.6 Å². The van der Waals surface area contributed by atoms with Crippen molar-refractivity contribution in [3.05, 3.63) is 35.9 Å². The molecule has 2 aliphatic rings. The molecule has 3 rings (SSSR count). The normalized spacial score (nSPS) is 25.1. The number of aliphatic imine (C=N–C) groups is 1. The van der Waals surface area contributed by atoms with Crippen molar-refractivity contribution in [2.75, 3.05) is 19.6 Å². The third-order valence-corrected chi connectivity index (χ3v) is 5.86. The highest BCUT2D eigenvalue weighted by molar-refractivity contribution is 6.06. The molecule has 6 nitrogen and oxygen atoms in total. The van der Waals surface area contributed by atoms with Crippen LogP contribution in [0.5, 0.6) is 0 Å². The lowest BCUT2D eigenvalue weighted by atomic mass is 9.94. The van der Waals surface area contributed by atoms with Crippen LogP contribution in [0.1, 0.15) is 51.5 Å². The monoisotopic (exact) mass is 384 g/mol. The highest BCUT2D eigenvalue weighted by Crippen LogP contribution is 2.28. The van der Waals surface area contributed by atoms with Gasteiger partial charge in [-0.15, -0.1) is 0 Å². The molecule has 6 heteroatoms. The third-order valence-electron chi connectivity index (χ3n) is 5.86. The number of carbonyl (C=O) groups is 2. The molecule has 1 fully saturated rings. The quantitative estimate of drug-likeness (QED) is 0.785. The lowest BCUT2D eigenvalue weighted by molar-refractivity contribution is -0.133. The maximum absolute atomic E-state index is 12.8. The molecule has 152 valence electrons. The van der Waals surface area contributed by atoms with Gasteiger partial charge in [-0.25, -0.2) is 4.99 Å². The molecule has 0 radical (unpaired) electrons. The number of hydrogen-bond acceptors (Lipinski definition) is 4. The maximum Gasteiger partial charge on any atom is 0.257 e. The van der Waals surface area contributed by atoms with Gasteiger partial charge in [-0.05, 0) is 44.1 Å². The minimum absolute atomic E-state index is 0.000576. The van der Waals surface area contributed by atoms with E-state index < -0.39 is 5.54 Å². The Labute approximate surface area is 167 Å². The Morgan fingerprint density at radius 2 is 2.07 bits per heavy atom. The van der Waals surface area contributed by atoms with Gasteiger partial charge < -0.3 is 10.6 Å². The Morgan fingerprint density at radius 3 is 2.79 bits per heavy atom. The van der Waals surface area contributed by atoms with E-state index in [-0.39, 0.29) is 17.7 Å². The number of benzene rings is 1. The number of nitrogens with zero attached hydrogens (tertiary/aromatic N) is 3. The van der Waals surface area contributed by atoms with E-state index in [9.17, 15) is 9.59 Å². The van der Waals surface area contributed by atoms with Crippen LogP contribution in [0.15, 0.2) is 35.3 Å². The van der Waals surface area contributed by atoms with Crippen molar-refractivity contribution >= 4 is 17.8 Å². The van der Waals surface area contributed by atoms with E-state index in [2.05, 4.69) is 17.1 Å². The summed E-state index contributed by atoms with van der Waals surface area (Å²) in [7, 11) is 0. The van der Waals surface area contributed by atoms with Crippen LogP contribution in [0.25, 0.3) is 0 Å². The standard InChI is InChI=1S/C22H32N4O2/c1-3-13-22(2)20(28)26(21(23)24-22)16-18-10-7-14-25(15-18)19(27)12-11-17-8-5-4-6-9-17/h4-6,8-9,18H,3,7,10-16H2,1-2H3,(H2,23,24). The van der Waals surface area contributed by atoms with Crippen molar-refractivity contribution in [1.82, 2.24) is 9.80 Å². The largest absolute Gasteiger partial charge is 0.369 e. The Kier molecular flexibility index (Phi) is 6.37. The summed E-state index contributed by atoms with van der Waals surface area (Å²) in [5.74, 6) is 0.766. The molecule has 2 N–H and O–H groups in total. The first-order valence-corrected chi connectivity index (χ1v) is 10.4. The van der Waals surface area contributed by atoms with Crippen LogP contribution in [-0.4, -0.2) is 52.7 Å². The van der Waals surface area contributed by atoms with Crippen molar-refractivity contribution in [1.29, 1.82) is 0 Å². The van der Waals surface area contributed by atoms with Crippen LogP contribution in [0, 0.1) is 5.92 Å². The fraction of sp³-hybridized carbons (Fsp3) is 0.591. The van der Waals surface area contributed by atoms with Crippen LogP contribution in [-0.2, 0) is 16.0 Å². The maximum atomic E-state index is 12.8. The summed E-state index contributed by atoms with van der Waals surface area (Å²) in [6.45, 7) is 5.96. The van der Waals surface area contributed by atoms with E-state index in [0.29, 0.717) is 31.9 Å². The van der Waals surface area contributed by atoms with Gasteiger partial charge in [0.2, 0.25) is 5.91 Å². The summed E-state index contributed by atoms with van der Waals surface area (Å²) >= 11 is 0. The number of aryl methyl sites for hydroxylation is 1. The summed E-state index contributed by atoms with van der Waals surface area (Å²) in [4.78, 5) is 33.5. The number of hydrogen-bond donors (Lipinski definition) is 1. The predicted molar refractivity (Wildman–Crippen MR) is 111 cm³/mol. The lowest BCUT2D eigenvalue weighted by Crippen LogP contribution is -2.49. The van der Waals surface area contributed by atoms with E-state index in [1.165, 1.54) is 5.56 Å². The molecule has 0 saturated carbocycles. The summed E-state index contributed by atoms with van der Waals surface area (Å²) in [5, 5.41) is 0. The molecule has 1 saturated heterocycles. The number of nitrogens with two attached hydrogens (primary N) is 1. The van der Waals surface area contributed by atoms with Gasteiger partial charge in [0.1, 0.15) is 5.54 Å². The Bertz CT molecular complexity index is 733.